The van der Waals surface area contributed by atoms with Gasteiger partial charge in [0.2, 0.25) is 0 Å². The van der Waals surface area contributed by atoms with Gasteiger partial charge in [-0.05, 0) is 43.3 Å². The average molecular weight is 216 g/mol. The maximum Gasteiger partial charge on any atom is 0.159 e. The lowest BCUT2D eigenvalue weighted by Crippen LogP contribution is -2.47. The van der Waals surface area contributed by atoms with Crippen molar-refractivity contribution in [2.24, 2.45) is 23.7 Å². The first-order valence-corrected chi connectivity index (χ1v) is 6.36. The van der Waals surface area contributed by atoms with E-state index in [1.807, 2.05) is 0 Å². The minimum absolute atomic E-state index is 0.0945. The standard InChI is InChI=1S/C14H16O2/c15-11-4-6-14(5-1-7-16-14)13-10-3-2-9(8-10)12(11)13/h2-4,6,9-10,12-13H,1,5,7-8H2/t9-,10+,12+,13+,14+/m0/s1. The van der Waals surface area contributed by atoms with E-state index >= 15 is 0 Å². The summed E-state index contributed by atoms with van der Waals surface area (Å²) in [6.45, 7) is 0.864. The molecule has 0 radical (unpaired) electrons. The van der Waals surface area contributed by atoms with Gasteiger partial charge in [0.15, 0.2) is 5.78 Å². The molecule has 0 amide bonds. The second-order valence-electron chi connectivity index (χ2n) is 5.64. The molecule has 5 atom stereocenters. The monoisotopic (exact) mass is 216 g/mol. The van der Waals surface area contributed by atoms with Crippen molar-refractivity contribution in [2.45, 2.75) is 24.9 Å². The number of hydrogen-bond acceptors (Lipinski definition) is 2. The Morgan fingerprint density at radius 3 is 3.00 bits per heavy atom. The molecule has 16 heavy (non-hydrogen) atoms. The Hall–Kier alpha value is -0.890. The van der Waals surface area contributed by atoms with E-state index in [9.17, 15) is 4.79 Å². The van der Waals surface area contributed by atoms with Crippen LogP contribution in [0.15, 0.2) is 24.3 Å². The predicted octanol–water partition coefficient (Wildman–Crippen LogP) is 2.11. The lowest BCUT2D eigenvalue weighted by Gasteiger charge is -2.42. The minimum Gasteiger partial charge on any atom is -0.371 e. The molecule has 1 heterocycles. The van der Waals surface area contributed by atoms with Crippen molar-refractivity contribution in [1.29, 1.82) is 0 Å². The molecule has 4 aliphatic rings. The Bertz CT molecular complexity index is 401. The zero-order valence-electron chi connectivity index (χ0n) is 9.26. The molecule has 2 heteroatoms. The van der Waals surface area contributed by atoms with Gasteiger partial charge in [0, 0.05) is 18.4 Å². The van der Waals surface area contributed by atoms with Gasteiger partial charge in [-0.25, -0.2) is 0 Å². The minimum atomic E-state index is -0.0945. The van der Waals surface area contributed by atoms with Gasteiger partial charge in [-0.3, -0.25) is 4.79 Å². The Morgan fingerprint density at radius 2 is 2.19 bits per heavy atom. The molecule has 1 aliphatic heterocycles. The van der Waals surface area contributed by atoms with Crippen LogP contribution in [0.25, 0.3) is 0 Å². The molecule has 84 valence electrons. The number of carbonyl (C=O) groups is 1. The fourth-order valence-corrected chi connectivity index (χ4v) is 4.40. The highest BCUT2D eigenvalue weighted by molar-refractivity contribution is 5.94. The van der Waals surface area contributed by atoms with E-state index in [0.29, 0.717) is 23.5 Å². The fourth-order valence-electron chi connectivity index (χ4n) is 4.40. The summed E-state index contributed by atoms with van der Waals surface area (Å²) in [4.78, 5) is 12.0. The first-order valence-electron chi connectivity index (χ1n) is 6.36. The number of ketones is 1. The van der Waals surface area contributed by atoms with Crippen molar-refractivity contribution in [1.82, 2.24) is 0 Å². The van der Waals surface area contributed by atoms with Crippen LogP contribution >= 0.6 is 0 Å². The molecule has 1 spiro atoms. The summed E-state index contributed by atoms with van der Waals surface area (Å²) in [5, 5.41) is 0. The summed E-state index contributed by atoms with van der Waals surface area (Å²) in [6, 6.07) is 0. The molecule has 0 N–H and O–H groups in total. The quantitative estimate of drug-likeness (QED) is 0.580. The third-order valence-corrected chi connectivity index (χ3v) is 4.96. The second-order valence-corrected chi connectivity index (χ2v) is 5.64. The van der Waals surface area contributed by atoms with Crippen LogP contribution in [-0.4, -0.2) is 18.0 Å². The third-order valence-electron chi connectivity index (χ3n) is 4.96. The highest BCUT2D eigenvalue weighted by atomic mass is 16.5. The van der Waals surface area contributed by atoms with Crippen LogP contribution in [-0.2, 0) is 9.53 Å². The van der Waals surface area contributed by atoms with Crippen molar-refractivity contribution in [3.63, 3.8) is 0 Å². The Labute approximate surface area is 95.4 Å². The number of fused-ring (bicyclic) bond motifs is 6. The van der Waals surface area contributed by atoms with E-state index in [1.165, 1.54) is 6.42 Å². The summed E-state index contributed by atoms with van der Waals surface area (Å²) < 4.78 is 6.02. The maximum atomic E-state index is 12.0. The predicted molar refractivity (Wildman–Crippen MR) is 59.8 cm³/mol. The summed E-state index contributed by atoms with van der Waals surface area (Å²) in [5.74, 6) is 2.07. The highest BCUT2D eigenvalue weighted by Crippen LogP contribution is 2.57. The van der Waals surface area contributed by atoms with Crippen molar-refractivity contribution in [2.75, 3.05) is 6.61 Å². The molecular weight excluding hydrogens is 200 g/mol. The number of carbonyl (C=O) groups excluding carboxylic acids is 1. The zero-order chi connectivity index (χ0) is 10.8. The SMILES string of the molecule is O=C1C=C[C@]2(CCCO2)[C@H]2[C@@H]1[C@H]1C=C[C@@H]2C1. The van der Waals surface area contributed by atoms with Crippen LogP contribution in [0.3, 0.4) is 0 Å². The Morgan fingerprint density at radius 1 is 1.31 bits per heavy atom. The molecule has 0 unspecified atom stereocenters. The van der Waals surface area contributed by atoms with Crippen LogP contribution < -0.4 is 0 Å². The largest absolute Gasteiger partial charge is 0.371 e. The van der Waals surface area contributed by atoms with Crippen LogP contribution in [0.5, 0.6) is 0 Å². The lowest BCUT2D eigenvalue weighted by molar-refractivity contribution is -0.126. The molecule has 2 nitrogen and oxygen atoms in total. The van der Waals surface area contributed by atoms with E-state index in [-0.39, 0.29) is 11.5 Å². The van der Waals surface area contributed by atoms with Crippen molar-refractivity contribution in [3.8, 4) is 0 Å². The molecule has 0 aromatic carbocycles. The van der Waals surface area contributed by atoms with Crippen LogP contribution in [0.1, 0.15) is 19.3 Å². The van der Waals surface area contributed by atoms with E-state index in [4.69, 9.17) is 4.74 Å². The van der Waals surface area contributed by atoms with Gasteiger partial charge in [-0.2, -0.15) is 0 Å². The summed E-state index contributed by atoms with van der Waals surface area (Å²) in [7, 11) is 0. The number of allylic oxidation sites excluding steroid dienone is 3. The second kappa shape index (κ2) is 2.86. The smallest absolute Gasteiger partial charge is 0.159 e. The van der Waals surface area contributed by atoms with Crippen LogP contribution in [0.4, 0.5) is 0 Å². The van der Waals surface area contributed by atoms with Crippen molar-refractivity contribution >= 4 is 5.78 Å². The molecule has 2 fully saturated rings. The van der Waals surface area contributed by atoms with E-state index < -0.39 is 0 Å². The van der Waals surface area contributed by atoms with Gasteiger partial charge in [0.1, 0.15) is 0 Å². The van der Waals surface area contributed by atoms with Crippen molar-refractivity contribution < 1.29 is 9.53 Å². The highest BCUT2D eigenvalue weighted by Gasteiger charge is 2.58. The number of hydrogen-bond donors (Lipinski definition) is 0. The topological polar surface area (TPSA) is 26.3 Å². The maximum absolute atomic E-state index is 12.0. The molecule has 0 aromatic heterocycles. The molecular formula is C14H16O2. The lowest BCUT2D eigenvalue weighted by atomic mass is 9.66. The summed E-state index contributed by atoms with van der Waals surface area (Å²) >= 11 is 0. The van der Waals surface area contributed by atoms with E-state index in [2.05, 4.69) is 18.2 Å². The van der Waals surface area contributed by atoms with Gasteiger partial charge in [-0.1, -0.05) is 12.2 Å². The zero-order valence-corrected chi connectivity index (χ0v) is 9.26. The van der Waals surface area contributed by atoms with Crippen LogP contribution in [0.2, 0.25) is 0 Å². The van der Waals surface area contributed by atoms with Crippen LogP contribution in [0, 0.1) is 23.7 Å². The molecule has 0 aromatic rings. The Kier molecular flexibility index (Phi) is 1.64. The number of ether oxygens (including phenoxy) is 1. The van der Waals surface area contributed by atoms with Crippen molar-refractivity contribution in [3.05, 3.63) is 24.3 Å². The van der Waals surface area contributed by atoms with E-state index in [0.717, 1.165) is 19.4 Å². The molecule has 1 saturated heterocycles. The fraction of sp³-hybridized carbons (Fsp3) is 0.643. The molecule has 3 aliphatic carbocycles. The van der Waals surface area contributed by atoms with Gasteiger partial charge in [0.25, 0.3) is 0 Å². The van der Waals surface area contributed by atoms with Gasteiger partial charge in [0.05, 0.1) is 5.60 Å². The summed E-state index contributed by atoms with van der Waals surface area (Å²) in [6.07, 6.45) is 11.9. The van der Waals surface area contributed by atoms with Gasteiger partial charge >= 0.3 is 0 Å². The normalized spacial score (nSPS) is 52.9. The first-order chi connectivity index (χ1) is 7.80. The molecule has 1 saturated carbocycles. The summed E-state index contributed by atoms with van der Waals surface area (Å²) in [5.41, 5.74) is -0.0945. The molecule has 4 rings (SSSR count). The first kappa shape index (κ1) is 9.17. The number of rotatable bonds is 0. The van der Waals surface area contributed by atoms with Gasteiger partial charge < -0.3 is 4.74 Å². The Balaban J connectivity index is 1.83. The van der Waals surface area contributed by atoms with Gasteiger partial charge in [-0.15, -0.1) is 0 Å². The third kappa shape index (κ3) is 0.945. The average Bonchev–Trinajstić information content (AvgIpc) is 2.99. The van der Waals surface area contributed by atoms with E-state index in [1.54, 1.807) is 6.08 Å². The molecule has 2 bridgehead atoms.